The quantitative estimate of drug-likeness (QED) is 0.612. The summed E-state index contributed by atoms with van der Waals surface area (Å²) in [5.74, 6) is 0.412. The molecule has 2 aliphatic rings. The molecular formula is C18H19FN6OS. The number of fused-ring (bicyclic) bond motifs is 1. The number of rotatable bonds is 2. The molecule has 1 atom stereocenters. The molecule has 0 saturated carbocycles. The molecule has 2 aliphatic heterocycles. The first-order valence-electron chi connectivity index (χ1n) is 8.78. The number of hydrogen-bond acceptors (Lipinski definition) is 6. The monoisotopic (exact) mass is 386 g/mol. The Bertz CT molecular complexity index is 942. The largest absolute Gasteiger partial charge is 0.313 e. The molecule has 0 spiro atoms. The van der Waals surface area contributed by atoms with Gasteiger partial charge in [-0.3, -0.25) is 15.6 Å². The Kier molecular flexibility index (Phi) is 4.47. The summed E-state index contributed by atoms with van der Waals surface area (Å²) in [6.45, 7) is 2.74. The first kappa shape index (κ1) is 17.7. The Balaban J connectivity index is 1.45. The summed E-state index contributed by atoms with van der Waals surface area (Å²) in [5, 5.41) is 17.1. The molecule has 1 amide bonds. The number of aryl methyl sites for hydroxylation is 1. The number of nitrogens with zero attached hydrogens (tertiary/aromatic N) is 4. The van der Waals surface area contributed by atoms with Gasteiger partial charge in [0.05, 0.1) is 0 Å². The van der Waals surface area contributed by atoms with E-state index >= 15 is 0 Å². The molecule has 140 valence electrons. The number of hydrogen-bond donors (Lipinski definition) is 2. The second kappa shape index (κ2) is 6.80. The van der Waals surface area contributed by atoms with Crippen LogP contribution in [0.5, 0.6) is 0 Å². The number of halogens is 1. The predicted octanol–water partition coefficient (Wildman–Crippen LogP) is 2.59. The molecule has 1 aromatic carbocycles. The summed E-state index contributed by atoms with van der Waals surface area (Å²) in [4.78, 5) is 20.5. The van der Waals surface area contributed by atoms with E-state index < -0.39 is 0 Å². The van der Waals surface area contributed by atoms with Gasteiger partial charge in [-0.05, 0) is 55.1 Å². The highest BCUT2D eigenvalue weighted by Crippen LogP contribution is 2.32. The number of piperidine rings is 1. The highest BCUT2D eigenvalue weighted by molar-refractivity contribution is 7.07. The molecule has 1 unspecified atom stereocenters. The second-order valence-corrected chi connectivity index (χ2v) is 7.55. The van der Waals surface area contributed by atoms with Gasteiger partial charge in [0.15, 0.2) is 10.8 Å². The SMILES string of the molecule is Cc1nsc(C(=N)N2CCC(C(=O)N3CCc4cc(F)ccc43)CC2=N)n1. The highest BCUT2D eigenvalue weighted by Gasteiger charge is 2.35. The number of carbonyl (C=O) groups excluding carboxylic acids is 1. The number of anilines is 1. The molecule has 7 nitrogen and oxygen atoms in total. The predicted molar refractivity (Wildman–Crippen MR) is 101 cm³/mol. The maximum absolute atomic E-state index is 13.4. The fourth-order valence-electron chi connectivity index (χ4n) is 3.65. The lowest BCUT2D eigenvalue weighted by Gasteiger charge is -2.34. The van der Waals surface area contributed by atoms with E-state index in [0.29, 0.717) is 36.8 Å². The fraction of sp³-hybridized carbons (Fsp3) is 0.389. The van der Waals surface area contributed by atoms with Gasteiger partial charge in [0, 0.05) is 31.1 Å². The summed E-state index contributed by atoms with van der Waals surface area (Å²) in [5.41, 5.74) is 1.62. The molecule has 0 aliphatic carbocycles. The Labute approximate surface area is 160 Å². The molecule has 0 bridgehead atoms. The van der Waals surface area contributed by atoms with Gasteiger partial charge >= 0.3 is 0 Å². The average Bonchev–Trinajstić information content (AvgIpc) is 3.26. The van der Waals surface area contributed by atoms with Gasteiger partial charge in [0.25, 0.3) is 0 Å². The van der Waals surface area contributed by atoms with Crippen LogP contribution in [0.15, 0.2) is 18.2 Å². The standard InChI is InChI=1S/C18H19FN6OS/c1-10-22-17(27-23-10)16(21)25-7-5-12(9-15(25)20)18(26)24-6-4-11-8-13(19)2-3-14(11)24/h2-3,8,12,20-21H,4-7,9H2,1H3. The second-order valence-electron chi connectivity index (χ2n) is 6.80. The smallest absolute Gasteiger partial charge is 0.230 e. The lowest BCUT2D eigenvalue weighted by Crippen LogP contribution is -2.47. The van der Waals surface area contributed by atoms with Gasteiger partial charge in [-0.25, -0.2) is 9.37 Å². The van der Waals surface area contributed by atoms with Crippen LogP contribution in [0, 0.1) is 29.5 Å². The van der Waals surface area contributed by atoms with Crippen molar-refractivity contribution < 1.29 is 9.18 Å². The molecule has 1 saturated heterocycles. The maximum atomic E-state index is 13.4. The lowest BCUT2D eigenvalue weighted by atomic mass is 9.94. The molecule has 3 heterocycles. The molecule has 1 fully saturated rings. The van der Waals surface area contributed by atoms with Crippen LogP contribution in [0.2, 0.25) is 0 Å². The molecular weight excluding hydrogens is 367 g/mol. The van der Waals surface area contributed by atoms with E-state index in [9.17, 15) is 9.18 Å². The van der Waals surface area contributed by atoms with Crippen LogP contribution in [0.1, 0.15) is 29.2 Å². The van der Waals surface area contributed by atoms with E-state index in [2.05, 4.69) is 9.36 Å². The molecule has 27 heavy (non-hydrogen) atoms. The van der Waals surface area contributed by atoms with Crippen molar-refractivity contribution in [2.75, 3.05) is 18.0 Å². The number of benzene rings is 1. The van der Waals surface area contributed by atoms with Crippen LogP contribution < -0.4 is 4.90 Å². The third-order valence-electron chi connectivity index (χ3n) is 5.02. The van der Waals surface area contributed by atoms with E-state index in [-0.39, 0.29) is 35.7 Å². The number of nitrogens with one attached hydrogen (secondary N) is 2. The van der Waals surface area contributed by atoms with Crippen molar-refractivity contribution in [2.45, 2.75) is 26.2 Å². The van der Waals surface area contributed by atoms with Crippen molar-refractivity contribution in [1.29, 1.82) is 10.8 Å². The normalized spacial score (nSPS) is 19.3. The minimum absolute atomic E-state index is 0.0250. The van der Waals surface area contributed by atoms with Crippen molar-refractivity contribution in [3.63, 3.8) is 0 Å². The number of likely N-dealkylation sites (tertiary alicyclic amines) is 1. The third-order valence-corrected chi connectivity index (χ3v) is 5.83. The average molecular weight is 386 g/mol. The zero-order chi connectivity index (χ0) is 19.1. The zero-order valence-corrected chi connectivity index (χ0v) is 15.6. The number of carbonyl (C=O) groups is 1. The fourth-order valence-corrected chi connectivity index (χ4v) is 4.28. The van der Waals surface area contributed by atoms with Gasteiger partial charge in [-0.15, -0.1) is 0 Å². The Morgan fingerprint density at radius 2 is 2.15 bits per heavy atom. The lowest BCUT2D eigenvalue weighted by molar-refractivity contribution is -0.122. The summed E-state index contributed by atoms with van der Waals surface area (Å²) in [7, 11) is 0. The van der Waals surface area contributed by atoms with Crippen LogP contribution >= 0.6 is 11.5 Å². The van der Waals surface area contributed by atoms with Crippen molar-refractivity contribution in [3.05, 3.63) is 40.4 Å². The zero-order valence-electron chi connectivity index (χ0n) is 14.8. The first-order chi connectivity index (χ1) is 12.9. The Hall–Kier alpha value is -2.68. The van der Waals surface area contributed by atoms with E-state index in [0.717, 1.165) is 22.8 Å². The minimum Gasteiger partial charge on any atom is -0.313 e. The van der Waals surface area contributed by atoms with Crippen LogP contribution in [-0.4, -0.2) is 44.9 Å². The molecule has 2 aromatic rings. The van der Waals surface area contributed by atoms with Crippen LogP contribution in [0.25, 0.3) is 0 Å². The molecule has 2 N–H and O–H groups in total. The summed E-state index contributed by atoms with van der Waals surface area (Å²) < 4.78 is 17.5. The van der Waals surface area contributed by atoms with Gasteiger partial charge in [0.1, 0.15) is 17.5 Å². The van der Waals surface area contributed by atoms with E-state index in [1.54, 1.807) is 22.8 Å². The number of aromatic nitrogens is 2. The Morgan fingerprint density at radius 3 is 2.85 bits per heavy atom. The van der Waals surface area contributed by atoms with Crippen molar-refractivity contribution in [1.82, 2.24) is 14.3 Å². The summed E-state index contributed by atoms with van der Waals surface area (Å²) in [6.07, 6.45) is 1.50. The summed E-state index contributed by atoms with van der Waals surface area (Å²) in [6, 6.07) is 4.52. The molecule has 4 rings (SSSR count). The van der Waals surface area contributed by atoms with Crippen LogP contribution in [0.3, 0.4) is 0 Å². The van der Waals surface area contributed by atoms with Gasteiger partial charge in [-0.2, -0.15) is 4.37 Å². The van der Waals surface area contributed by atoms with Gasteiger partial charge in [0.2, 0.25) is 5.91 Å². The number of amides is 1. The maximum Gasteiger partial charge on any atom is 0.230 e. The van der Waals surface area contributed by atoms with E-state index in [1.165, 1.54) is 12.1 Å². The van der Waals surface area contributed by atoms with E-state index in [1.807, 2.05) is 0 Å². The number of amidine groups is 2. The Morgan fingerprint density at radius 1 is 1.33 bits per heavy atom. The van der Waals surface area contributed by atoms with Crippen LogP contribution in [-0.2, 0) is 11.2 Å². The van der Waals surface area contributed by atoms with E-state index in [4.69, 9.17) is 10.8 Å². The van der Waals surface area contributed by atoms with Crippen molar-refractivity contribution in [3.8, 4) is 0 Å². The topological polar surface area (TPSA) is 97.0 Å². The van der Waals surface area contributed by atoms with Crippen molar-refractivity contribution in [2.24, 2.45) is 5.92 Å². The van der Waals surface area contributed by atoms with Crippen LogP contribution in [0.4, 0.5) is 10.1 Å². The molecule has 1 aromatic heterocycles. The third kappa shape index (κ3) is 3.23. The summed E-state index contributed by atoms with van der Waals surface area (Å²) >= 11 is 1.14. The molecule has 9 heteroatoms. The minimum atomic E-state index is -0.297. The van der Waals surface area contributed by atoms with Gasteiger partial charge in [-0.1, -0.05) is 0 Å². The van der Waals surface area contributed by atoms with Gasteiger partial charge < -0.3 is 9.80 Å². The molecule has 0 radical (unpaired) electrons. The first-order valence-corrected chi connectivity index (χ1v) is 9.55. The van der Waals surface area contributed by atoms with Crippen molar-refractivity contribution >= 4 is 34.8 Å². The highest BCUT2D eigenvalue weighted by atomic mass is 32.1.